The molecule has 0 radical (unpaired) electrons. The molecule has 0 spiro atoms. The monoisotopic (exact) mass is 224 g/mol. The van der Waals surface area contributed by atoms with E-state index in [1.807, 2.05) is 16.8 Å². The Bertz CT molecular complexity index is 285. The van der Waals surface area contributed by atoms with Gasteiger partial charge in [0.2, 0.25) is 5.91 Å². The molecule has 1 aliphatic carbocycles. The summed E-state index contributed by atoms with van der Waals surface area (Å²) in [5.41, 5.74) is 0. The van der Waals surface area contributed by atoms with Crippen LogP contribution in [-0.2, 0) is 9.59 Å². The van der Waals surface area contributed by atoms with Gasteiger partial charge in [0, 0.05) is 32.0 Å². The second-order valence-electron chi connectivity index (χ2n) is 4.94. The highest BCUT2D eigenvalue weighted by Crippen LogP contribution is 2.19. The maximum atomic E-state index is 11.9. The summed E-state index contributed by atoms with van der Waals surface area (Å²) in [5.74, 6) is 0.560. The molecular weight excluding hydrogens is 204 g/mol. The molecule has 4 heteroatoms. The van der Waals surface area contributed by atoms with Crippen LogP contribution in [0.2, 0.25) is 0 Å². The first-order valence-electron chi connectivity index (χ1n) is 6.16. The number of likely N-dealkylation sites (N-methyl/N-ethyl adjacent to an activating group) is 1. The molecule has 4 nitrogen and oxygen atoms in total. The zero-order valence-corrected chi connectivity index (χ0v) is 9.95. The third kappa shape index (κ3) is 2.61. The average molecular weight is 224 g/mol. The van der Waals surface area contributed by atoms with Crippen molar-refractivity contribution in [2.45, 2.75) is 38.1 Å². The van der Waals surface area contributed by atoms with Crippen molar-refractivity contribution in [3.63, 3.8) is 0 Å². The average Bonchev–Trinajstić information content (AvgIpc) is 2.87. The summed E-state index contributed by atoms with van der Waals surface area (Å²) in [6.07, 6.45) is 4.51. The van der Waals surface area contributed by atoms with Crippen LogP contribution in [-0.4, -0.2) is 54.2 Å². The van der Waals surface area contributed by atoms with Crippen molar-refractivity contribution >= 4 is 11.7 Å². The number of rotatable bonds is 3. The number of ketones is 1. The van der Waals surface area contributed by atoms with Crippen LogP contribution in [0.15, 0.2) is 0 Å². The van der Waals surface area contributed by atoms with Gasteiger partial charge >= 0.3 is 0 Å². The van der Waals surface area contributed by atoms with E-state index in [0.29, 0.717) is 31.2 Å². The van der Waals surface area contributed by atoms with Crippen LogP contribution < -0.4 is 0 Å². The minimum Gasteiger partial charge on any atom is -0.342 e. The van der Waals surface area contributed by atoms with Crippen LogP contribution in [0.25, 0.3) is 0 Å². The Morgan fingerprint density at radius 2 is 2.12 bits per heavy atom. The lowest BCUT2D eigenvalue weighted by atomic mass is 10.2. The fourth-order valence-electron chi connectivity index (χ4n) is 2.58. The second kappa shape index (κ2) is 4.95. The summed E-state index contributed by atoms with van der Waals surface area (Å²) in [6, 6.07) is 0.291. The second-order valence-corrected chi connectivity index (χ2v) is 4.94. The van der Waals surface area contributed by atoms with E-state index in [1.165, 1.54) is 0 Å². The van der Waals surface area contributed by atoms with Gasteiger partial charge in [-0.1, -0.05) is 0 Å². The molecule has 90 valence electrons. The molecule has 2 fully saturated rings. The van der Waals surface area contributed by atoms with Crippen molar-refractivity contribution in [3.8, 4) is 0 Å². The molecule has 0 aromatic carbocycles. The first kappa shape index (κ1) is 11.6. The standard InChI is InChI=1S/C12H20N2O2/c1-13(10-4-5-11(15)8-10)9-12(16)14-6-2-3-7-14/h10H,2-9H2,1H3. The molecule has 0 bridgehead atoms. The fraction of sp³-hybridized carbons (Fsp3) is 0.833. The lowest BCUT2D eigenvalue weighted by molar-refractivity contribution is -0.131. The zero-order chi connectivity index (χ0) is 11.5. The zero-order valence-electron chi connectivity index (χ0n) is 9.95. The molecule has 1 saturated carbocycles. The van der Waals surface area contributed by atoms with E-state index in [9.17, 15) is 9.59 Å². The van der Waals surface area contributed by atoms with Crippen LogP contribution in [0.5, 0.6) is 0 Å². The van der Waals surface area contributed by atoms with Gasteiger partial charge in [0.1, 0.15) is 5.78 Å². The predicted molar refractivity (Wildman–Crippen MR) is 61.1 cm³/mol. The van der Waals surface area contributed by atoms with Gasteiger partial charge in [-0.2, -0.15) is 0 Å². The Morgan fingerprint density at radius 1 is 1.44 bits per heavy atom. The predicted octanol–water partition coefficient (Wildman–Crippen LogP) is 0.662. The first-order valence-corrected chi connectivity index (χ1v) is 6.16. The van der Waals surface area contributed by atoms with Gasteiger partial charge in [-0.25, -0.2) is 0 Å². The Labute approximate surface area is 96.6 Å². The molecule has 1 heterocycles. The third-order valence-electron chi connectivity index (χ3n) is 3.69. The molecule has 1 amide bonds. The molecule has 1 atom stereocenters. The molecule has 0 N–H and O–H groups in total. The summed E-state index contributed by atoms with van der Waals surface area (Å²) in [5, 5.41) is 0. The molecule has 16 heavy (non-hydrogen) atoms. The molecular formula is C12H20N2O2. The van der Waals surface area contributed by atoms with E-state index in [4.69, 9.17) is 0 Å². The largest absolute Gasteiger partial charge is 0.342 e. The Morgan fingerprint density at radius 3 is 2.69 bits per heavy atom. The van der Waals surface area contributed by atoms with Crippen molar-refractivity contribution < 1.29 is 9.59 Å². The van der Waals surface area contributed by atoms with E-state index in [-0.39, 0.29) is 5.91 Å². The molecule has 1 aliphatic heterocycles. The van der Waals surface area contributed by atoms with Gasteiger partial charge in [-0.05, 0) is 26.3 Å². The minimum atomic E-state index is 0.222. The SMILES string of the molecule is CN(CC(=O)N1CCCC1)C1CCC(=O)C1. The van der Waals surface area contributed by atoms with Gasteiger partial charge in [-0.3, -0.25) is 14.5 Å². The Hall–Kier alpha value is -0.900. The van der Waals surface area contributed by atoms with Crippen LogP contribution in [0, 0.1) is 0 Å². The number of hydrogen-bond donors (Lipinski definition) is 0. The van der Waals surface area contributed by atoms with Gasteiger partial charge < -0.3 is 4.90 Å². The summed E-state index contributed by atoms with van der Waals surface area (Å²) in [6.45, 7) is 2.30. The smallest absolute Gasteiger partial charge is 0.236 e. The maximum absolute atomic E-state index is 11.9. The maximum Gasteiger partial charge on any atom is 0.236 e. The highest BCUT2D eigenvalue weighted by Gasteiger charge is 2.28. The Balaban J connectivity index is 1.79. The molecule has 2 aliphatic rings. The molecule has 1 saturated heterocycles. The lowest BCUT2D eigenvalue weighted by Gasteiger charge is -2.25. The van der Waals surface area contributed by atoms with Crippen LogP contribution in [0.3, 0.4) is 0 Å². The van der Waals surface area contributed by atoms with E-state index >= 15 is 0 Å². The van der Waals surface area contributed by atoms with Crippen LogP contribution in [0.1, 0.15) is 32.1 Å². The summed E-state index contributed by atoms with van der Waals surface area (Å²) in [4.78, 5) is 27.1. The van der Waals surface area contributed by atoms with Crippen molar-refractivity contribution in [2.75, 3.05) is 26.7 Å². The van der Waals surface area contributed by atoms with E-state index < -0.39 is 0 Å². The summed E-state index contributed by atoms with van der Waals surface area (Å²) >= 11 is 0. The lowest BCUT2D eigenvalue weighted by Crippen LogP contribution is -2.41. The topological polar surface area (TPSA) is 40.6 Å². The van der Waals surface area contributed by atoms with Crippen LogP contribution >= 0.6 is 0 Å². The van der Waals surface area contributed by atoms with Crippen molar-refractivity contribution in [1.29, 1.82) is 0 Å². The van der Waals surface area contributed by atoms with Crippen LogP contribution in [0.4, 0.5) is 0 Å². The highest BCUT2D eigenvalue weighted by molar-refractivity contribution is 5.82. The molecule has 0 aromatic heterocycles. The quantitative estimate of drug-likeness (QED) is 0.707. The minimum absolute atomic E-state index is 0.222. The number of carbonyl (C=O) groups is 2. The number of Topliss-reactive ketones (excluding diaryl/α,β-unsaturated/α-hetero) is 1. The Kier molecular flexibility index (Phi) is 3.59. The number of carbonyl (C=O) groups excluding carboxylic acids is 2. The van der Waals surface area contributed by atoms with Gasteiger partial charge in [0.15, 0.2) is 0 Å². The molecule has 1 unspecified atom stereocenters. The molecule has 2 rings (SSSR count). The summed E-state index contributed by atoms with van der Waals surface area (Å²) in [7, 11) is 1.96. The van der Waals surface area contributed by atoms with Crippen molar-refractivity contribution in [1.82, 2.24) is 9.80 Å². The highest BCUT2D eigenvalue weighted by atomic mass is 16.2. The normalized spacial score (nSPS) is 25.8. The fourth-order valence-corrected chi connectivity index (χ4v) is 2.58. The van der Waals surface area contributed by atoms with Gasteiger partial charge in [0.05, 0.1) is 6.54 Å². The van der Waals surface area contributed by atoms with Gasteiger partial charge in [-0.15, -0.1) is 0 Å². The van der Waals surface area contributed by atoms with E-state index in [2.05, 4.69) is 0 Å². The number of hydrogen-bond acceptors (Lipinski definition) is 3. The summed E-state index contributed by atoms with van der Waals surface area (Å²) < 4.78 is 0. The van der Waals surface area contributed by atoms with E-state index in [1.54, 1.807) is 0 Å². The van der Waals surface area contributed by atoms with E-state index in [0.717, 1.165) is 32.4 Å². The first-order chi connectivity index (χ1) is 7.66. The van der Waals surface area contributed by atoms with Gasteiger partial charge in [0.25, 0.3) is 0 Å². The van der Waals surface area contributed by atoms with Crippen molar-refractivity contribution in [2.24, 2.45) is 0 Å². The van der Waals surface area contributed by atoms with Crippen molar-refractivity contribution in [3.05, 3.63) is 0 Å². The number of amides is 1. The number of nitrogens with zero attached hydrogens (tertiary/aromatic N) is 2. The number of likely N-dealkylation sites (tertiary alicyclic amines) is 1. The third-order valence-corrected chi connectivity index (χ3v) is 3.69. The molecule has 0 aromatic rings.